The van der Waals surface area contributed by atoms with Crippen molar-refractivity contribution >= 4 is 10.9 Å². The summed E-state index contributed by atoms with van der Waals surface area (Å²) in [7, 11) is 1.68. The summed E-state index contributed by atoms with van der Waals surface area (Å²) in [4.78, 5) is 3.22. The zero-order valence-electron chi connectivity index (χ0n) is 6.92. The van der Waals surface area contributed by atoms with Crippen LogP contribution in [0.5, 0.6) is 0 Å². The number of benzene rings is 1. The Balaban J connectivity index is 2.47. The van der Waals surface area contributed by atoms with E-state index in [1.807, 2.05) is 24.3 Å². The van der Waals surface area contributed by atoms with E-state index in [1.165, 1.54) is 0 Å². The van der Waals surface area contributed by atoms with E-state index in [-0.39, 0.29) is 0 Å². The number of hydrogen-bond donors (Lipinski definition) is 1. The van der Waals surface area contributed by atoms with E-state index in [0.29, 0.717) is 6.61 Å². The second kappa shape index (κ2) is 2.99. The molecule has 0 amide bonds. The quantitative estimate of drug-likeness (QED) is 0.715. The van der Waals surface area contributed by atoms with Crippen molar-refractivity contribution < 1.29 is 4.74 Å². The molecule has 1 aromatic heterocycles. The van der Waals surface area contributed by atoms with E-state index < -0.39 is 0 Å². The molecular formula is C10H10NO. The van der Waals surface area contributed by atoms with Gasteiger partial charge >= 0.3 is 0 Å². The summed E-state index contributed by atoms with van der Waals surface area (Å²) >= 11 is 0. The van der Waals surface area contributed by atoms with Gasteiger partial charge in [0.05, 0.1) is 12.3 Å². The molecule has 0 aliphatic heterocycles. The maximum absolute atomic E-state index is 4.99. The molecule has 61 valence electrons. The van der Waals surface area contributed by atoms with Gasteiger partial charge in [-0.3, -0.25) is 0 Å². The molecule has 0 spiro atoms. The fraction of sp³-hybridized carbons (Fsp3) is 0.200. The van der Waals surface area contributed by atoms with Crippen LogP contribution in [-0.2, 0) is 11.3 Å². The Labute approximate surface area is 71.2 Å². The third-order valence-corrected chi connectivity index (χ3v) is 1.79. The third kappa shape index (κ3) is 1.21. The molecule has 1 N–H and O–H groups in total. The molecule has 0 unspecified atom stereocenters. The lowest BCUT2D eigenvalue weighted by atomic mass is 10.2. The number of H-pyrrole nitrogens is 1. The first kappa shape index (κ1) is 7.37. The molecule has 0 bridgehead atoms. The number of rotatable bonds is 2. The summed E-state index contributed by atoms with van der Waals surface area (Å²) in [5, 5.41) is 1.12. The highest BCUT2D eigenvalue weighted by Crippen LogP contribution is 2.13. The first-order valence-electron chi connectivity index (χ1n) is 3.88. The predicted octanol–water partition coefficient (Wildman–Crippen LogP) is 2.11. The van der Waals surface area contributed by atoms with Gasteiger partial charge in [0.25, 0.3) is 0 Å². The van der Waals surface area contributed by atoms with Crippen LogP contribution in [0.3, 0.4) is 0 Å². The summed E-state index contributed by atoms with van der Waals surface area (Å²) in [6.45, 7) is 0.592. The Morgan fingerprint density at radius 1 is 1.42 bits per heavy atom. The minimum absolute atomic E-state index is 0.592. The van der Waals surface area contributed by atoms with Gasteiger partial charge < -0.3 is 9.72 Å². The molecule has 2 nitrogen and oxygen atoms in total. The minimum atomic E-state index is 0.592. The zero-order valence-corrected chi connectivity index (χ0v) is 6.92. The van der Waals surface area contributed by atoms with E-state index >= 15 is 0 Å². The Morgan fingerprint density at radius 2 is 2.25 bits per heavy atom. The van der Waals surface area contributed by atoms with Crippen LogP contribution in [0.15, 0.2) is 24.3 Å². The number of ether oxygens (including phenoxy) is 1. The van der Waals surface area contributed by atoms with Crippen LogP contribution in [-0.4, -0.2) is 12.1 Å². The maximum Gasteiger partial charge on any atom is 0.0868 e. The lowest BCUT2D eigenvalue weighted by Gasteiger charge is -1.90. The second-order valence-corrected chi connectivity index (χ2v) is 2.71. The van der Waals surface area contributed by atoms with E-state index in [2.05, 4.69) is 11.1 Å². The van der Waals surface area contributed by atoms with E-state index in [9.17, 15) is 0 Å². The van der Waals surface area contributed by atoms with Crippen LogP contribution in [0.2, 0.25) is 0 Å². The number of fused-ring (bicyclic) bond motifs is 1. The molecular weight excluding hydrogens is 150 g/mol. The van der Waals surface area contributed by atoms with E-state index in [0.717, 1.165) is 16.6 Å². The topological polar surface area (TPSA) is 25.0 Å². The van der Waals surface area contributed by atoms with Crippen LogP contribution in [0.1, 0.15) is 5.69 Å². The van der Waals surface area contributed by atoms with Crippen molar-refractivity contribution in [1.82, 2.24) is 4.98 Å². The van der Waals surface area contributed by atoms with Gasteiger partial charge in [-0.05, 0) is 6.07 Å². The first-order chi connectivity index (χ1) is 5.90. The fourth-order valence-electron chi connectivity index (χ4n) is 1.27. The summed E-state index contributed by atoms with van der Waals surface area (Å²) in [5.41, 5.74) is 2.11. The standard InChI is InChI=1S/C10H10NO/c1-12-7-9-6-8-4-2-3-5-10(8)11-9/h2-5,11H,7H2,1H3. The fourth-order valence-corrected chi connectivity index (χ4v) is 1.27. The Bertz CT molecular complexity index is 345. The van der Waals surface area contributed by atoms with Gasteiger partial charge in [0.1, 0.15) is 0 Å². The molecule has 0 saturated carbocycles. The number of aromatic nitrogens is 1. The van der Waals surface area contributed by atoms with Gasteiger partial charge in [0, 0.05) is 24.1 Å². The van der Waals surface area contributed by atoms with E-state index in [4.69, 9.17) is 4.74 Å². The summed E-state index contributed by atoms with van der Waals surface area (Å²) < 4.78 is 4.99. The SMILES string of the molecule is COCc1[c]c2ccccc2[nH]1. The molecule has 1 radical (unpaired) electrons. The lowest BCUT2D eigenvalue weighted by Crippen LogP contribution is -1.85. The molecule has 0 aliphatic carbocycles. The lowest BCUT2D eigenvalue weighted by molar-refractivity contribution is 0.182. The van der Waals surface area contributed by atoms with Gasteiger partial charge in [0.15, 0.2) is 0 Å². The highest BCUT2D eigenvalue weighted by Gasteiger charge is 1.98. The van der Waals surface area contributed by atoms with Crippen molar-refractivity contribution in [3.63, 3.8) is 0 Å². The highest BCUT2D eigenvalue weighted by molar-refractivity contribution is 5.79. The number of methoxy groups -OCH3 is 1. The summed E-state index contributed by atoms with van der Waals surface area (Å²) in [6, 6.07) is 11.3. The van der Waals surface area contributed by atoms with Crippen LogP contribution in [0.25, 0.3) is 10.9 Å². The normalized spacial score (nSPS) is 10.8. The molecule has 12 heavy (non-hydrogen) atoms. The Hall–Kier alpha value is -1.28. The molecule has 0 saturated heterocycles. The van der Waals surface area contributed by atoms with Gasteiger partial charge in [-0.2, -0.15) is 0 Å². The molecule has 1 heterocycles. The molecule has 2 heteroatoms. The number of nitrogens with one attached hydrogen (secondary N) is 1. The largest absolute Gasteiger partial charge is 0.378 e. The Kier molecular flexibility index (Phi) is 1.84. The van der Waals surface area contributed by atoms with Crippen LogP contribution < -0.4 is 0 Å². The monoisotopic (exact) mass is 160 g/mol. The molecule has 0 aliphatic rings. The number of para-hydroxylation sites is 1. The average molecular weight is 160 g/mol. The van der Waals surface area contributed by atoms with Crippen molar-refractivity contribution in [2.45, 2.75) is 6.61 Å². The number of aromatic amines is 1. The van der Waals surface area contributed by atoms with E-state index in [1.54, 1.807) is 7.11 Å². The van der Waals surface area contributed by atoms with Gasteiger partial charge in [-0.1, -0.05) is 18.2 Å². The van der Waals surface area contributed by atoms with Crippen molar-refractivity contribution in [1.29, 1.82) is 0 Å². The third-order valence-electron chi connectivity index (χ3n) is 1.79. The second-order valence-electron chi connectivity index (χ2n) is 2.71. The average Bonchev–Trinajstić information content (AvgIpc) is 2.47. The zero-order chi connectivity index (χ0) is 8.39. The summed E-state index contributed by atoms with van der Waals surface area (Å²) in [5.74, 6) is 0. The molecule has 2 aromatic rings. The van der Waals surface area contributed by atoms with Crippen molar-refractivity contribution in [2.75, 3.05) is 7.11 Å². The number of hydrogen-bond acceptors (Lipinski definition) is 1. The molecule has 0 atom stereocenters. The van der Waals surface area contributed by atoms with Crippen molar-refractivity contribution in [2.24, 2.45) is 0 Å². The Morgan fingerprint density at radius 3 is 3.00 bits per heavy atom. The predicted molar refractivity (Wildman–Crippen MR) is 47.8 cm³/mol. The van der Waals surface area contributed by atoms with Gasteiger partial charge in [0.2, 0.25) is 0 Å². The molecule has 0 fully saturated rings. The van der Waals surface area contributed by atoms with Gasteiger partial charge in [-0.15, -0.1) is 0 Å². The van der Waals surface area contributed by atoms with Crippen LogP contribution in [0.4, 0.5) is 0 Å². The highest BCUT2D eigenvalue weighted by atomic mass is 16.5. The van der Waals surface area contributed by atoms with Crippen molar-refractivity contribution in [3.05, 3.63) is 36.0 Å². The maximum atomic E-state index is 4.99. The van der Waals surface area contributed by atoms with Crippen molar-refractivity contribution in [3.8, 4) is 0 Å². The minimum Gasteiger partial charge on any atom is -0.378 e. The molecule has 2 rings (SSSR count). The van der Waals surface area contributed by atoms with Crippen LogP contribution in [0, 0.1) is 6.07 Å². The van der Waals surface area contributed by atoms with Gasteiger partial charge in [-0.25, -0.2) is 0 Å². The smallest absolute Gasteiger partial charge is 0.0868 e. The summed E-state index contributed by atoms with van der Waals surface area (Å²) in [6.07, 6.45) is 0. The first-order valence-corrected chi connectivity index (χ1v) is 3.88. The molecule has 1 aromatic carbocycles. The van der Waals surface area contributed by atoms with Crippen LogP contribution >= 0.6 is 0 Å².